The van der Waals surface area contributed by atoms with E-state index in [1.165, 1.54) is 0 Å². The summed E-state index contributed by atoms with van der Waals surface area (Å²) >= 11 is 2.12. The molecule has 0 bridgehead atoms. The minimum absolute atomic E-state index is 0.222. The molecule has 0 saturated heterocycles. The highest BCUT2D eigenvalue weighted by atomic mass is 127. The first-order valence-electron chi connectivity index (χ1n) is 5.69. The van der Waals surface area contributed by atoms with Gasteiger partial charge in [0.25, 0.3) is 5.91 Å². The molecule has 0 fully saturated rings. The topological polar surface area (TPSA) is 54.4 Å². The predicted molar refractivity (Wildman–Crippen MR) is 83.1 cm³/mol. The number of halogens is 1. The summed E-state index contributed by atoms with van der Waals surface area (Å²) in [6, 6.07) is 12.9. The van der Waals surface area contributed by atoms with Crippen molar-refractivity contribution >= 4 is 34.2 Å². The summed E-state index contributed by atoms with van der Waals surface area (Å²) in [5.74, 6) is -0.222. The van der Waals surface area contributed by atoms with Gasteiger partial charge < -0.3 is 0 Å². The van der Waals surface area contributed by atoms with Crippen molar-refractivity contribution in [3.8, 4) is 0 Å². The lowest BCUT2D eigenvalue weighted by molar-refractivity contribution is 0.0954. The largest absolute Gasteiger partial charge is 0.272 e. The van der Waals surface area contributed by atoms with Crippen molar-refractivity contribution < 1.29 is 4.79 Å². The standard InChI is InChI=1S/C14H12IN3O/c1-10(13-8-4-5-9-16-13)17-18-14(19)11-6-2-3-7-12(11)15/h2-9H,1H3,(H,18,19). The van der Waals surface area contributed by atoms with Crippen LogP contribution in [0, 0.1) is 3.57 Å². The molecule has 0 saturated carbocycles. The van der Waals surface area contributed by atoms with Crippen LogP contribution in [0.25, 0.3) is 0 Å². The second-order valence-corrected chi connectivity index (χ2v) is 5.00. The van der Waals surface area contributed by atoms with Crippen LogP contribution in [0.2, 0.25) is 0 Å². The van der Waals surface area contributed by atoms with Crippen LogP contribution in [-0.4, -0.2) is 16.6 Å². The zero-order chi connectivity index (χ0) is 13.7. The molecule has 2 aromatic rings. The summed E-state index contributed by atoms with van der Waals surface area (Å²) in [5.41, 5.74) is 4.56. The van der Waals surface area contributed by atoms with Crippen LogP contribution >= 0.6 is 22.6 Å². The van der Waals surface area contributed by atoms with E-state index in [0.717, 1.165) is 9.26 Å². The highest BCUT2D eigenvalue weighted by molar-refractivity contribution is 14.1. The number of hydrogen-bond acceptors (Lipinski definition) is 3. The molecule has 1 amide bonds. The summed E-state index contributed by atoms with van der Waals surface area (Å²) in [4.78, 5) is 16.1. The van der Waals surface area contributed by atoms with Crippen LogP contribution in [0.3, 0.4) is 0 Å². The highest BCUT2D eigenvalue weighted by Crippen LogP contribution is 2.11. The lowest BCUT2D eigenvalue weighted by Crippen LogP contribution is -2.20. The minimum atomic E-state index is -0.222. The van der Waals surface area contributed by atoms with Crippen molar-refractivity contribution in [2.45, 2.75) is 6.92 Å². The zero-order valence-corrected chi connectivity index (χ0v) is 12.5. The third kappa shape index (κ3) is 3.60. The van der Waals surface area contributed by atoms with Crippen molar-refractivity contribution in [3.63, 3.8) is 0 Å². The van der Waals surface area contributed by atoms with Gasteiger partial charge in [-0.05, 0) is 53.8 Å². The number of carbonyl (C=O) groups is 1. The normalized spacial score (nSPS) is 11.2. The Balaban J connectivity index is 2.11. The van der Waals surface area contributed by atoms with Crippen molar-refractivity contribution in [1.29, 1.82) is 0 Å². The quantitative estimate of drug-likeness (QED) is 0.517. The van der Waals surface area contributed by atoms with E-state index in [9.17, 15) is 4.79 Å². The summed E-state index contributed by atoms with van der Waals surface area (Å²) in [6.07, 6.45) is 1.69. The average Bonchev–Trinajstić information content (AvgIpc) is 2.46. The van der Waals surface area contributed by atoms with Gasteiger partial charge in [-0.2, -0.15) is 5.10 Å². The molecule has 0 spiro atoms. The fourth-order valence-electron chi connectivity index (χ4n) is 1.47. The van der Waals surface area contributed by atoms with Crippen LogP contribution in [0.5, 0.6) is 0 Å². The second kappa shape index (κ2) is 6.42. The highest BCUT2D eigenvalue weighted by Gasteiger charge is 2.08. The van der Waals surface area contributed by atoms with Gasteiger partial charge in [0, 0.05) is 9.77 Å². The molecule has 2 rings (SSSR count). The Hall–Kier alpha value is -1.76. The van der Waals surface area contributed by atoms with Gasteiger partial charge in [-0.3, -0.25) is 9.78 Å². The fourth-order valence-corrected chi connectivity index (χ4v) is 2.11. The van der Waals surface area contributed by atoms with Gasteiger partial charge in [0.1, 0.15) is 0 Å². The fraction of sp³-hybridized carbons (Fsp3) is 0.0714. The molecule has 19 heavy (non-hydrogen) atoms. The molecule has 5 heteroatoms. The lowest BCUT2D eigenvalue weighted by Gasteiger charge is -2.04. The average molecular weight is 365 g/mol. The van der Waals surface area contributed by atoms with Gasteiger partial charge >= 0.3 is 0 Å². The van der Waals surface area contributed by atoms with Gasteiger partial charge in [-0.25, -0.2) is 5.43 Å². The number of aromatic nitrogens is 1. The molecule has 0 aliphatic carbocycles. The Labute approximate surface area is 125 Å². The van der Waals surface area contributed by atoms with Gasteiger partial charge in [0.2, 0.25) is 0 Å². The number of hydrogen-bond donors (Lipinski definition) is 1. The van der Waals surface area contributed by atoms with E-state index in [1.54, 1.807) is 19.2 Å². The monoisotopic (exact) mass is 365 g/mol. The number of hydrazone groups is 1. The third-order valence-corrected chi connectivity index (χ3v) is 3.42. The Kier molecular flexibility index (Phi) is 4.62. The summed E-state index contributed by atoms with van der Waals surface area (Å²) < 4.78 is 0.892. The van der Waals surface area contributed by atoms with Crippen molar-refractivity contribution in [2.75, 3.05) is 0 Å². The van der Waals surface area contributed by atoms with Gasteiger partial charge in [0.15, 0.2) is 0 Å². The molecular weight excluding hydrogens is 353 g/mol. The van der Waals surface area contributed by atoms with E-state index < -0.39 is 0 Å². The number of nitrogens with one attached hydrogen (secondary N) is 1. The van der Waals surface area contributed by atoms with E-state index >= 15 is 0 Å². The molecule has 0 aliphatic rings. The summed E-state index contributed by atoms with van der Waals surface area (Å²) in [5, 5.41) is 4.06. The van der Waals surface area contributed by atoms with Gasteiger partial charge in [-0.1, -0.05) is 18.2 Å². The maximum Gasteiger partial charge on any atom is 0.272 e. The number of carbonyl (C=O) groups excluding carboxylic acids is 1. The number of nitrogens with zero attached hydrogens (tertiary/aromatic N) is 2. The lowest BCUT2D eigenvalue weighted by atomic mass is 10.2. The molecule has 4 nitrogen and oxygen atoms in total. The third-order valence-electron chi connectivity index (χ3n) is 2.48. The number of benzene rings is 1. The Morgan fingerprint density at radius 1 is 1.21 bits per heavy atom. The van der Waals surface area contributed by atoms with E-state index in [2.05, 4.69) is 38.1 Å². The van der Waals surface area contributed by atoms with E-state index in [1.807, 2.05) is 36.4 Å². The molecule has 0 unspecified atom stereocenters. The van der Waals surface area contributed by atoms with Crippen molar-refractivity contribution in [3.05, 3.63) is 63.5 Å². The van der Waals surface area contributed by atoms with Crippen molar-refractivity contribution in [2.24, 2.45) is 5.10 Å². The van der Waals surface area contributed by atoms with Crippen LogP contribution in [-0.2, 0) is 0 Å². The van der Waals surface area contributed by atoms with Crippen LogP contribution in [0.1, 0.15) is 23.0 Å². The summed E-state index contributed by atoms with van der Waals surface area (Å²) in [7, 11) is 0. The smallest absolute Gasteiger partial charge is 0.267 e. The molecule has 96 valence electrons. The minimum Gasteiger partial charge on any atom is -0.267 e. The Morgan fingerprint density at radius 3 is 2.63 bits per heavy atom. The Morgan fingerprint density at radius 2 is 1.95 bits per heavy atom. The SMILES string of the molecule is CC(=NNC(=O)c1ccccc1I)c1ccccn1. The van der Waals surface area contributed by atoms with Gasteiger partial charge in [0.05, 0.1) is 17.0 Å². The van der Waals surface area contributed by atoms with E-state index in [4.69, 9.17) is 0 Å². The molecular formula is C14H12IN3O. The molecule has 0 aliphatic heterocycles. The maximum absolute atomic E-state index is 12.0. The molecule has 0 atom stereocenters. The van der Waals surface area contributed by atoms with Crippen LogP contribution in [0.15, 0.2) is 53.8 Å². The first kappa shape index (κ1) is 13.7. The summed E-state index contributed by atoms with van der Waals surface area (Å²) in [6.45, 7) is 1.80. The Bertz CT molecular complexity index is 611. The molecule has 1 heterocycles. The maximum atomic E-state index is 12.0. The first-order valence-corrected chi connectivity index (χ1v) is 6.77. The van der Waals surface area contributed by atoms with Crippen LogP contribution in [0.4, 0.5) is 0 Å². The second-order valence-electron chi connectivity index (χ2n) is 3.83. The predicted octanol–water partition coefficient (Wildman–Crippen LogP) is 2.84. The number of rotatable bonds is 3. The van der Waals surface area contributed by atoms with E-state index in [-0.39, 0.29) is 5.91 Å². The first-order chi connectivity index (χ1) is 9.18. The molecule has 1 N–H and O–H groups in total. The van der Waals surface area contributed by atoms with E-state index in [0.29, 0.717) is 11.3 Å². The molecule has 0 radical (unpaired) electrons. The molecule has 1 aromatic heterocycles. The van der Waals surface area contributed by atoms with Gasteiger partial charge in [-0.15, -0.1) is 0 Å². The molecule has 1 aromatic carbocycles. The van der Waals surface area contributed by atoms with Crippen LogP contribution < -0.4 is 5.43 Å². The number of amides is 1. The number of pyridine rings is 1. The zero-order valence-electron chi connectivity index (χ0n) is 10.3. The van der Waals surface area contributed by atoms with Crippen molar-refractivity contribution in [1.82, 2.24) is 10.4 Å².